The molecule has 0 fully saturated rings. The second kappa shape index (κ2) is 7.45. The highest BCUT2D eigenvalue weighted by Crippen LogP contribution is 2.21. The van der Waals surface area contributed by atoms with Crippen molar-refractivity contribution in [2.24, 2.45) is 5.10 Å². The Bertz CT molecular complexity index is 958. The van der Waals surface area contributed by atoms with Gasteiger partial charge in [0, 0.05) is 33.2 Å². The van der Waals surface area contributed by atoms with Crippen molar-refractivity contribution in [2.75, 3.05) is 0 Å². The molecule has 0 aliphatic rings. The van der Waals surface area contributed by atoms with Gasteiger partial charge in [0.1, 0.15) is 5.75 Å². The number of nitrogens with one attached hydrogen (secondary N) is 1. The van der Waals surface area contributed by atoms with Gasteiger partial charge in [0.05, 0.1) is 6.21 Å². The summed E-state index contributed by atoms with van der Waals surface area (Å²) in [5.74, 6) is -0.0758. The Hall–Kier alpha value is -3.05. The van der Waals surface area contributed by atoms with Gasteiger partial charge in [-0.05, 0) is 68.4 Å². The van der Waals surface area contributed by atoms with E-state index in [2.05, 4.69) is 15.1 Å². The summed E-state index contributed by atoms with van der Waals surface area (Å²) in [6.07, 6.45) is 1.62. The van der Waals surface area contributed by atoms with Crippen LogP contribution in [0.2, 0.25) is 5.02 Å². The van der Waals surface area contributed by atoms with Crippen LogP contribution >= 0.6 is 11.6 Å². The third kappa shape index (κ3) is 3.78. The summed E-state index contributed by atoms with van der Waals surface area (Å²) < 4.78 is 2.06. The Morgan fingerprint density at radius 1 is 1.12 bits per heavy atom. The first-order chi connectivity index (χ1) is 12.5. The molecule has 0 atom stereocenters. The van der Waals surface area contributed by atoms with E-state index in [-0.39, 0.29) is 11.7 Å². The van der Waals surface area contributed by atoms with Crippen LogP contribution in [0.25, 0.3) is 5.69 Å². The lowest BCUT2D eigenvalue weighted by atomic mass is 10.2. The number of aryl methyl sites for hydroxylation is 1. The standard InChI is InChI=1S/C20H18ClN3O2/c1-13-11-16(14(2)24(13)18-7-9-19(25)10-8-18)12-22-23-20(26)15-3-5-17(21)6-4-15/h3-12,25H,1-2H3,(H,23,26)/b22-12+. The molecule has 0 saturated heterocycles. The van der Waals surface area contributed by atoms with Gasteiger partial charge in [-0.3, -0.25) is 4.79 Å². The van der Waals surface area contributed by atoms with Crippen molar-refractivity contribution in [2.45, 2.75) is 13.8 Å². The number of halogens is 1. The minimum atomic E-state index is -0.301. The van der Waals surface area contributed by atoms with Crippen molar-refractivity contribution < 1.29 is 9.90 Å². The van der Waals surface area contributed by atoms with Gasteiger partial charge in [0.2, 0.25) is 0 Å². The van der Waals surface area contributed by atoms with E-state index in [0.29, 0.717) is 10.6 Å². The highest BCUT2D eigenvalue weighted by atomic mass is 35.5. The van der Waals surface area contributed by atoms with E-state index in [4.69, 9.17) is 11.6 Å². The number of phenols is 1. The number of carbonyl (C=O) groups excluding carboxylic acids is 1. The van der Waals surface area contributed by atoms with E-state index >= 15 is 0 Å². The number of hydrogen-bond donors (Lipinski definition) is 2. The molecule has 3 rings (SSSR count). The smallest absolute Gasteiger partial charge is 0.271 e. The van der Waals surface area contributed by atoms with Crippen molar-refractivity contribution >= 4 is 23.7 Å². The van der Waals surface area contributed by atoms with Gasteiger partial charge < -0.3 is 9.67 Å². The minimum absolute atomic E-state index is 0.225. The molecule has 0 unspecified atom stereocenters. The van der Waals surface area contributed by atoms with Crippen LogP contribution in [0.5, 0.6) is 5.75 Å². The predicted octanol–water partition coefficient (Wildman–Crippen LogP) is 4.22. The van der Waals surface area contributed by atoms with Crippen LogP contribution in [-0.4, -0.2) is 21.8 Å². The lowest BCUT2D eigenvalue weighted by Gasteiger charge is -2.09. The third-order valence-electron chi connectivity index (χ3n) is 4.05. The molecule has 2 aromatic carbocycles. The van der Waals surface area contributed by atoms with Crippen molar-refractivity contribution in [1.29, 1.82) is 0 Å². The quantitative estimate of drug-likeness (QED) is 0.535. The van der Waals surface area contributed by atoms with E-state index in [9.17, 15) is 9.90 Å². The molecule has 0 spiro atoms. The zero-order chi connectivity index (χ0) is 18.7. The fraction of sp³-hybridized carbons (Fsp3) is 0.100. The number of rotatable bonds is 4. The fourth-order valence-corrected chi connectivity index (χ4v) is 2.87. The molecule has 6 heteroatoms. The Morgan fingerprint density at radius 3 is 2.42 bits per heavy atom. The number of carbonyl (C=O) groups is 1. The zero-order valence-electron chi connectivity index (χ0n) is 14.4. The van der Waals surface area contributed by atoms with Gasteiger partial charge in [-0.1, -0.05) is 11.6 Å². The van der Waals surface area contributed by atoms with Crippen LogP contribution in [0.1, 0.15) is 27.3 Å². The predicted molar refractivity (Wildman–Crippen MR) is 103 cm³/mol. The highest BCUT2D eigenvalue weighted by molar-refractivity contribution is 6.30. The van der Waals surface area contributed by atoms with E-state index in [1.807, 2.05) is 32.0 Å². The summed E-state index contributed by atoms with van der Waals surface area (Å²) in [4.78, 5) is 12.1. The molecule has 5 nitrogen and oxygen atoms in total. The molecule has 0 bridgehead atoms. The van der Waals surface area contributed by atoms with Gasteiger partial charge in [-0.15, -0.1) is 0 Å². The Morgan fingerprint density at radius 2 is 1.77 bits per heavy atom. The Balaban J connectivity index is 1.77. The molecule has 26 heavy (non-hydrogen) atoms. The topological polar surface area (TPSA) is 66.6 Å². The maximum atomic E-state index is 12.1. The molecule has 0 radical (unpaired) electrons. The minimum Gasteiger partial charge on any atom is -0.508 e. The fourth-order valence-electron chi connectivity index (χ4n) is 2.74. The van der Waals surface area contributed by atoms with Gasteiger partial charge in [-0.2, -0.15) is 5.10 Å². The number of amides is 1. The average Bonchev–Trinajstić information content (AvgIpc) is 2.90. The van der Waals surface area contributed by atoms with Gasteiger partial charge in [0.25, 0.3) is 5.91 Å². The molecule has 1 heterocycles. The number of benzene rings is 2. The molecule has 0 saturated carbocycles. The van der Waals surface area contributed by atoms with Crippen LogP contribution in [0.4, 0.5) is 0 Å². The van der Waals surface area contributed by atoms with Crippen molar-refractivity contribution in [3.8, 4) is 11.4 Å². The maximum Gasteiger partial charge on any atom is 0.271 e. The van der Waals surface area contributed by atoms with Gasteiger partial charge >= 0.3 is 0 Å². The van der Waals surface area contributed by atoms with E-state index < -0.39 is 0 Å². The molecule has 0 aliphatic carbocycles. The summed E-state index contributed by atoms with van der Waals surface area (Å²) in [7, 11) is 0. The van der Waals surface area contributed by atoms with Crippen LogP contribution in [0.3, 0.4) is 0 Å². The molecule has 3 aromatic rings. The summed E-state index contributed by atoms with van der Waals surface area (Å²) in [6.45, 7) is 3.96. The molecule has 1 amide bonds. The highest BCUT2D eigenvalue weighted by Gasteiger charge is 2.10. The van der Waals surface area contributed by atoms with Gasteiger partial charge in [-0.25, -0.2) is 5.43 Å². The zero-order valence-corrected chi connectivity index (χ0v) is 15.2. The number of nitrogens with zero attached hydrogens (tertiary/aromatic N) is 2. The SMILES string of the molecule is Cc1cc(/C=N/NC(=O)c2ccc(Cl)cc2)c(C)n1-c1ccc(O)cc1. The molecule has 1 aromatic heterocycles. The monoisotopic (exact) mass is 367 g/mol. The van der Waals surface area contributed by atoms with Crippen LogP contribution < -0.4 is 5.43 Å². The van der Waals surface area contributed by atoms with Crippen LogP contribution in [0, 0.1) is 13.8 Å². The first kappa shape index (κ1) is 17.8. The first-order valence-electron chi connectivity index (χ1n) is 8.03. The number of aromatic nitrogens is 1. The van der Waals surface area contributed by atoms with Crippen molar-refractivity contribution in [3.05, 3.63) is 82.1 Å². The summed E-state index contributed by atoms with van der Waals surface area (Å²) in [5.41, 5.74) is 6.86. The van der Waals surface area contributed by atoms with Crippen molar-refractivity contribution in [1.82, 2.24) is 9.99 Å². The average molecular weight is 368 g/mol. The summed E-state index contributed by atoms with van der Waals surface area (Å²) in [5, 5.41) is 14.1. The Kier molecular flexibility index (Phi) is 5.09. The van der Waals surface area contributed by atoms with Crippen molar-refractivity contribution in [3.63, 3.8) is 0 Å². The molecular weight excluding hydrogens is 350 g/mol. The third-order valence-corrected chi connectivity index (χ3v) is 4.31. The summed E-state index contributed by atoms with van der Waals surface area (Å²) >= 11 is 5.82. The second-order valence-electron chi connectivity index (χ2n) is 5.88. The van der Waals surface area contributed by atoms with E-state index in [1.54, 1.807) is 42.6 Å². The number of hydrogen-bond acceptors (Lipinski definition) is 3. The maximum absolute atomic E-state index is 12.1. The molecular formula is C20H18ClN3O2. The number of aromatic hydroxyl groups is 1. The largest absolute Gasteiger partial charge is 0.508 e. The molecule has 2 N–H and O–H groups in total. The number of hydrazone groups is 1. The summed E-state index contributed by atoms with van der Waals surface area (Å²) in [6, 6.07) is 15.6. The lowest BCUT2D eigenvalue weighted by molar-refractivity contribution is 0.0955. The van der Waals surface area contributed by atoms with E-state index in [0.717, 1.165) is 22.6 Å². The Labute approximate surface area is 156 Å². The number of phenolic OH excluding ortho intramolecular Hbond substituents is 1. The molecule has 132 valence electrons. The lowest BCUT2D eigenvalue weighted by Crippen LogP contribution is -2.17. The van der Waals surface area contributed by atoms with Gasteiger partial charge in [0.15, 0.2) is 0 Å². The van der Waals surface area contributed by atoms with E-state index in [1.165, 1.54) is 0 Å². The normalized spacial score (nSPS) is 11.0. The molecule has 0 aliphatic heterocycles. The first-order valence-corrected chi connectivity index (χ1v) is 8.41. The van der Waals surface area contributed by atoms with Crippen LogP contribution in [0.15, 0.2) is 59.7 Å². The van der Waals surface area contributed by atoms with Crippen LogP contribution in [-0.2, 0) is 0 Å². The second-order valence-corrected chi connectivity index (χ2v) is 6.32.